The zero-order chi connectivity index (χ0) is 19.1. The normalized spacial score (nSPS) is 15.3. The number of hydrogen-bond acceptors (Lipinski definition) is 7. The van der Waals surface area contributed by atoms with E-state index in [-0.39, 0.29) is 12.4 Å². The summed E-state index contributed by atoms with van der Waals surface area (Å²) in [5.41, 5.74) is -2.16. The van der Waals surface area contributed by atoms with E-state index in [9.17, 15) is 25.2 Å². The molecule has 2 atom stereocenters. The number of carbonyl (C=O) groups is 1. The molecule has 0 aliphatic carbocycles. The van der Waals surface area contributed by atoms with Crippen LogP contribution in [-0.2, 0) is 15.1 Å². The van der Waals surface area contributed by atoms with Gasteiger partial charge in [0.15, 0.2) is 0 Å². The highest BCUT2D eigenvalue weighted by Gasteiger charge is 2.50. The fraction of sp³-hybridized carbons (Fsp3) is 0.500. The molecular weight excluding hydrogens is 328 g/mol. The Morgan fingerprint density at radius 2 is 1.72 bits per heavy atom. The van der Waals surface area contributed by atoms with Crippen molar-refractivity contribution in [3.63, 3.8) is 0 Å². The van der Waals surface area contributed by atoms with E-state index in [0.717, 1.165) is 6.08 Å². The zero-order valence-electron chi connectivity index (χ0n) is 14.5. The second-order valence-corrected chi connectivity index (χ2v) is 6.10. The van der Waals surface area contributed by atoms with Crippen molar-refractivity contribution in [2.75, 3.05) is 26.4 Å². The first kappa shape index (κ1) is 21.3. The maximum Gasteiger partial charge on any atom is 0.335 e. The lowest BCUT2D eigenvalue weighted by molar-refractivity contribution is -0.192. The van der Waals surface area contributed by atoms with Crippen LogP contribution >= 0.6 is 0 Å². The summed E-state index contributed by atoms with van der Waals surface area (Å²) in [4.78, 5) is 11.2. The third-order valence-electron chi connectivity index (χ3n) is 4.32. The van der Waals surface area contributed by atoms with Crippen molar-refractivity contribution in [3.8, 4) is 5.75 Å². The molecule has 25 heavy (non-hydrogen) atoms. The van der Waals surface area contributed by atoms with E-state index in [1.165, 1.54) is 19.1 Å². The smallest absolute Gasteiger partial charge is 0.335 e. The van der Waals surface area contributed by atoms with Gasteiger partial charge < -0.3 is 29.9 Å². The molecule has 0 bridgehead atoms. The number of aliphatic hydroxyl groups excluding tert-OH is 4. The van der Waals surface area contributed by atoms with Gasteiger partial charge in [0, 0.05) is 6.08 Å². The number of rotatable bonds is 10. The first-order valence-electron chi connectivity index (χ1n) is 7.88. The third-order valence-corrected chi connectivity index (χ3v) is 4.32. The second kappa shape index (κ2) is 9.07. The molecule has 4 N–H and O–H groups in total. The Bertz CT molecular complexity index is 555. The Morgan fingerprint density at radius 3 is 2.12 bits per heavy atom. The minimum Gasteiger partial charge on any atom is -0.423 e. The molecular formula is C18H26O7. The van der Waals surface area contributed by atoms with Crippen LogP contribution in [0.4, 0.5) is 0 Å². The monoisotopic (exact) mass is 354 g/mol. The number of benzene rings is 1. The molecule has 0 spiro atoms. The molecule has 1 aromatic carbocycles. The van der Waals surface area contributed by atoms with Gasteiger partial charge in [0.2, 0.25) is 0 Å². The molecule has 2 unspecified atom stereocenters. The van der Waals surface area contributed by atoms with Gasteiger partial charge in [-0.15, -0.1) is 0 Å². The first-order valence-corrected chi connectivity index (χ1v) is 7.88. The molecule has 1 rings (SSSR count). The Hall–Kier alpha value is -1.77. The number of ether oxygens (including phenoxy) is 2. The van der Waals surface area contributed by atoms with Crippen LogP contribution in [-0.4, -0.2) is 58.9 Å². The quantitative estimate of drug-likeness (QED) is 0.272. The van der Waals surface area contributed by atoms with Crippen molar-refractivity contribution in [1.82, 2.24) is 0 Å². The molecule has 1 aromatic rings. The van der Waals surface area contributed by atoms with Crippen LogP contribution in [0, 0.1) is 5.41 Å². The zero-order valence-corrected chi connectivity index (χ0v) is 14.5. The molecule has 0 aromatic heterocycles. The van der Waals surface area contributed by atoms with Crippen molar-refractivity contribution in [3.05, 3.63) is 42.5 Å². The molecule has 0 saturated heterocycles. The summed E-state index contributed by atoms with van der Waals surface area (Å²) in [6.07, 6.45) is 0.263. The lowest BCUT2D eigenvalue weighted by Crippen LogP contribution is -2.53. The standard InChI is InChI=1S/C18H26O7/c1-4-16(23)25-15-7-5-14(6-8-15)17(3,24-9-13(2)22)18(10-19,11-20)12-21/h4-8,13,19-22H,1,9-12H2,2-3H3. The maximum atomic E-state index is 11.2. The number of aliphatic hydroxyl groups is 4. The van der Waals surface area contributed by atoms with E-state index in [2.05, 4.69) is 6.58 Å². The Kier molecular flexibility index (Phi) is 7.72. The van der Waals surface area contributed by atoms with Crippen molar-refractivity contribution in [2.24, 2.45) is 5.41 Å². The molecule has 0 amide bonds. The van der Waals surface area contributed by atoms with Gasteiger partial charge in [-0.05, 0) is 31.5 Å². The SMILES string of the molecule is C=CC(=O)Oc1ccc(C(C)(OCC(C)O)C(CO)(CO)CO)cc1. The lowest BCUT2D eigenvalue weighted by Gasteiger charge is -2.46. The van der Waals surface area contributed by atoms with Crippen LogP contribution in [0.15, 0.2) is 36.9 Å². The van der Waals surface area contributed by atoms with Gasteiger partial charge in [0.05, 0.1) is 37.9 Å². The highest BCUT2D eigenvalue weighted by Crippen LogP contribution is 2.43. The summed E-state index contributed by atoms with van der Waals surface area (Å²) in [5.74, 6) is -0.314. The molecule has 0 aliphatic heterocycles. The van der Waals surface area contributed by atoms with Gasteiger partial charge in [-0.2, -0.15) is 0 Å². The summed E-state index contributed by atoms with van der Waals surface area (Å²) >= 11 is 0. The largest absolute Gasteiger partial charge is 0.423 e. The number of esters is 1. The van der Waals surface area contributed by atoms with Gasteiger partial charge in [-0.3, -0.25) is 0 Å². The molecule has 7 nitrogen and oxygen atoms in total. The highest BCUT2D eigenvalue weighted by atomic mass is 16.5. The Balaban J connectivity index is 3.27. The lowest BCUT2D eigenvalue weighted by atomic mass is 9.70. The van der Waals surface area contributed by atoms with Crippen LogP contribution < -0.4 is 4.74 Å². The molecule has 0 heterocycles. The maximum absolute atomic E-state index is 11.2. The average Bonchev–Trinajstić information content (AvgIpc) is 2.62. The van der Waals surface area contributed by atoms with Crippen molar-refractivity contribution >= 4 is 5.97 Å². The molecule has 7 heteroatoms. The fourth-order valence-electron chi connectivity index (χ4n) is 2.43. The highest BCUT2D eigenvalue weighted by molar-refractivity contribution is 5.83. The second-order valence-electron chi connectivity index (χ2n) is 6.10. The fourth-order valence-corrected chi connectivity index (χ4v) is 2.43. The average molecular weight is 354 g/mol. The van der Waals surface area contributed by atoms with Crippen LogP contribution in [0.3, 0.4) is 0 Å². The van der Waals surface area contributed by atoms with Crippen LogP contribution in [0.25, 0.3) is 0 Å². The van der Waals surface area contributed by atoms with E-state index in [4.69, 9.17) is 9.47 Å². The molecule has 0 radical (unpaired) electrons. The van der Waals surface area contributed by atoms with Gasteiger partial charge in [-0.25, -0.2) is 4.79 Å². The van der Waals surface area contributed by atoms with Crippen molar-refractivity contribution in [1.29, 1.82) is 0 Å². The van der Waals surface area contributed by atoms with Gasteiger partial charge >= 0.3 is 5.97 Å². The van der Waals surface area contributed by atoms with E-state index < -0.39 is 42.9 Å². The summed E-state index contributed by atoms with van der Waals surface area (Å²) in [5, 5.41) is 38.9. The van der Waals surface area contributed by atoms with E-state index in [0.29, 0.717) is 5.56 Å². The topological polar surface area (TPSA) is 116 Å². The minimum atomic E-state index is -1.39. The predicted octanol–water partition coefficient (Wildman–Crippen LogP) is 0.354. The molecule has 0 fully saturated rings. The van der Waals surface area contributed by atoms with Gasteiger partial charge in [0.25, 0.3) is 0 Å². The Morgan fingerprint density at radius 1 is 1.20 bits per heavy atom. The van der Waals surface area contributed by atoms with Crippen molar-refractivity contribution < 1.29 is 34.7 Å². The minimum absolute atomic E-state index is 0.0640. The van der Waals surface area contributed by atoms with Crippen LogP contribution in [0.5, 0.6) is 5.75 Å². The first-order chi connectivity index (χ1) is 11.8. The summed E-state index contributed by atoms with van der Waals surface area (Å²) < 4.78 is 10.8. The molecule has 140 valence electrons. The Labute approximate surface area is 147 Å². The molecule has 0 saturated carbocycles. The van der Waals surface area contributed by atoms with Crippen LogP contribution in [0.2, 0.25) is 0 Å². The van der Waals surface area contributed by atoms with E-state index in [1.807, 2.05) is 0 Å². The predicted molar refractivity (Wildman–Crippen MR) is 90.9 cm³/mol. The summed E-state index contributed by atoms with van der Waals surface area (Å²) in [7, 11) is 0. The van der Waals surface area contributed by atoms with E-state index >= 15 is 0 Å². The summed E-state index contributed by atoms with van der Waals surface area (Å²) in [6, 6.07) is 6.25. The van der Waals surface area contributed by atoms with Crippen LogP contribution in [0.1, 0.15) is 19.4 Å². The van der Waals surface area contributed by atoms with Gasteiger partial charge in [-0.1, -0.05) is 18.7 Å². The number of hydrogen-bond donors (Lipinski definition) is 4. The summed E-state index contributed by atoms with van der Waals surface area (Å²) in [6.45, 7) is 4.79. The van der Waals surface area contributed by atoms with Gasteiger partial charge in [0.1, 0.15) is 11.4 Å². The third kappa shape index (κ3) is 4.65. The number of carbonyl (C=O) groups excluding carboxylic acids is 1. The van der Waals surface area contributed by atoms with Crippen molar-refractivity contribution in [2.45, 2.75) is 25.6 Å². The van der Waals surface area contributed by atoms with E-state index in [1.54, 1.807) is 19.1 Å². The molecule has 0 aliphatic rings.